The van der Waals surface area contributed by atoms with Gasteiger partial charge in [0.1, 0.15) is 16.8 Å². The summed E-state index contributed by atoms with van der Waals surface area (Å²) in [5.41, 5.74) is 1.40. The van der Waals surface area contributed by atoms with Gasteiger partial charge in [0.2, 0.25) is 15.9 Å². The Morgan fingerprint density at radius 3 is 2.38 bits per heavy atom. The number of carbonyl (C=O) groups excluding carboxylic acids is 1. The van der Waals surface area contributed by atoms with Crippen molar-refractivity contribution in [3.8, 4) is 0 Å². The largest absolute Gasteiger partial charge is 0.324 e. The number of aryl methyl sites for hydroxylation is 1. The van der Waals surface area contributed by atoms with Crippen LogP contribution in [0.3, 0.4) is 0 Å². The summed E-state index contributed by atoms with van der Waals surface area (Å²) in [4.78, 5) is 12.2. The van der Waals surface area contributed by atoms with Gasteiger partial charge in [0.15, 0.2) is 0 Å². The van der Waals surface area contributed by atoms with E-state index in [1.807, 2.05) is 13.0 Å². The van der Waals surface area contributed by atoms with Crippen LogP contribution in [-0.4, -0.2) is 20.4 Å². The summed E-state index contributed by atoms with van der Waals surface area (Å²) in [6.07, 6.45) is 0. The van der Waals surface area contributed by atoms with Crippen LogP contribution in [0.4, 0.5) is 10.1 Å². The van der Waals surface area contributed by atoms with Crippen LogP contribution in [-0.2, 0) is 14.8 Å². The molecule has 26 heavy (non-hydrogen) atoms. The minimum atomic E-state index is -4.18. The van der Waals surface area contributed by atoms with Gasteiger partial charge >= 0.3 is 0 Å². The minimum absolute atomic E-state index is 0.340. The molecule has 2 rings (SSSR count). The third-order valence-electron chi connectivity index (χ3n) is 3.80. The maximum absolute atomic E-state index is 13.9. The van der Waals surface area contributed by atoms with E-state index in [4.69, 9.17) is 0 Å². The number of hydrogen-bond donors (Lipinski definition) is 2. The lowest BCUT2D eigenvalue weighted by Gasteiger charge is -2.22. The van der Waals surface area contributed by atoms with Crippen LogP contribution in [0.15, 0.2) is 51.8 Å². The van der Waals surface area contributed by atoms with Crippen molar-refractivity contribution >= 4 is 37.5 Å². The molecule has 5 nitrogen and oxygen atoms in total. The molecule has 0 fully saturated rings. The van der Waals surface area contributed by atoms with Crippen molar-refractivity contribution in [3.05, 3.63) is 58.3 Å². The lowest BCUT2D eigenvalue weighted by Crippen LogP contribution is -2.47. The summed E-state index contributed by atoms with van der Waals surface area (Å²) in [6, 6.07) is 9.32. The predicted molar refractivity (Wildman–Crippen MR) is 103 cm³/mol. The molecule has 0 aliphatic carbocycles. The van der Waals surface area contributed by atoms with Crippen LogP contribution < -0.4 is 10.0 Å². The number of amides is 1. The third-order valence-corrected chi connectivity index (χ3v) is 5.77. The van der Waals surface area contributed by atoms with E-state index in [1.54, 1.807) is 26.0 Å². The van der Waals surface area contributed by atoms with Crippen molar-refractivity contribution < 1.29 is 17.6 Å². The smallest absolute Gasteiger partial charge is 0.244 e. The second kappa shape index (κ2) is 8.28. The molecule has 2 N–H and O–H groups in total. The SMILES string of the molecule is Cc1cc(Br)ccc1NC(=O)C(NS(=O)(=O)c1ccccc1F)C(C)C. The van der Waals surface area contributed by atoms with E-state index >= 15 is 0 Å². The van der Waals surface area contributed by atoms with Crippen LogP contribution in [0.1, 0.15) is 19.4 Å². The standard InChI is InChI=1S/C18H20BrFN2O3S/c1-11(2)17(18(23)21-15-9-8-13(19)10-12(15)3)22-26(24,25)16-7-5-4-6-14(16)20/h4-11,17,22H,1-3H3,(H,21,23). The maximum atomic E-state index is 13.9. The Labute approximate surface area is 161 Å². The molecule has 0 aliphatic rings. The first-order valence-corrected chi connectivity index (χ1v) is 10.2. The van der Waals surface area contributed by atoms with Gasteiger partial charge in [0, 0.05) is 10.2 Å². The van der Waals surface area contributed by atoms with Gasteiger partial charge in [-0.15, -0.1) is 0 Å². The van der Waals surface area contributed by atoms with Gasteiger partial charge in [-0.05, 0) is 48.7 Å². The van der Waals surface area contributed by atoms with E-state index in [2.05, 4.69) is 26.0 Å². The van der Waals surface area contributed by atoms with Gasteiger partial charge in [-0.1, -0.05) is 41.9 Å². The molecule has 0 saturated carbocycles. The van der Waals surface area contributed by atoms with Crippen molar-refractivity contribution in [2.75, 3.05) is 5.32 Å². The van der Waals surface area contributed by atoms with E-state index in [0.717, 1.165) is 22.2 Å². The fourth-order valence-corrected chi connectivity index (χ4v) is 4.26. The summed E-state index contributed by atoms with van der Waals surface area (Å²) in [5, 5.41) is 2.73. The number of hydrogen-bond acceptors (Lipinski definition) is 3. The summed E-state index contributed by atoms with van der Waals surface area (Å²) >= 11 is 3.35. The monoisotopic (exact) mass is 442 g/mol. The molecular weight excluding hydrogens is 423 g/mol. The molecule has 0 radical (unpaired) electrons. The highest BCUT2D eigenvalue weighted by Crippen LogP contribution is 2.21. The highest BCUT2D eigenvalue weighted by Gasteiger charge is 2.30. The quantitative estimate of drug-likeness (QED) is 0.713. The fourth-order valence-electron chi connectivity index (χ4n) is 2.36. The normalized spacial score (nSPS) is 12.8. The Balaban J connectivity index is 2.25. The minimum Gasteiger partial charge on any atom is -0.324 e. The summed E-state index contributed by atoms with van der Waals surface area (Å²) in [7, 11) is -4.18. The number of sulfonamides is 1. The van der Waals surface area contributed by atoms with Crippen molar-refractivity contribution in [2.24, 2.45) is 5.92 Å². The van der Waals surface area contributed by atoms with Gasteiger partial charge in [0.25, 0.3) is 0 Å². The molecule has 0 saturated heterocycles. The Hall–Kier alpha value is -1.77. The van der Waals surface area contributed by atoms with E-state index in [1.165, 1.54) is 12.1 Å². The van der Waals surface area contributed by atoms with E-state index in [0.29, 0.717) is 5.69 Å². The van der Waals surface area contributed by atoms with E-state index in [9.17, 15) is 17.6 Å². The number of rotatable bonds is 6. The molecule has 0 aliphatic heterocycles. The maximum Gasteiger partial charge on any atom is 0.244 e. The van der Waals surface area contributed by atoms with Crippen LogP contribution in [0.2, 0.25) is 0 Å². The van der Waals surface area contributed by atoms with Crippen LogP contribution >= 0.6 is 15.9 Å². The van der Waals surface area contributed by atoms with Gasteiger partial charge in [0.05, 0.1) is 0 Å². The molecule has 1 unspecified atom stereocenters. The van der Waals surface area contributed by atoms with Crippen molar-refractivity contribution in [1.29, 1.82) is 0 Å². The molecule has 0 bridgehead atoms. The van der Waals surface area contributed by atoms with Gasteiger partial charge < -0.3 is 5.32 Å². The third kappa shape index (κ3) is 4.90. The molecule has 2 aromatic carbocycles. The van der Waals surface area contributed by atoms with Crippen LogP contribution in [0.25, 0.3) is 0 Å². The summed E-state index contributed by atoms with van der Waals surface area (Å²) in [5.74, 6) is -1.72. The van der Waals surface area contributed by atoms with Crippen molar-refractivity contribution in [1.82, 2.24) is 4.72 Å². The summed E-state index contributed by atoms with van der Waals surface area (Å²) < 4.78 is 42.0. The Kier molecular flexibility index (Phi) is 6.54. The fraction of sp³-hybridized carbons (Fsp3) is 0.278. The second-order valence-corrected chi connectivity index (χ2v) is 8.82. The topological polar surface area (TPSA) is 75.3 Å². The highest BCUT2D eigenvalue weighted by molar-refractivity contribution is 9.10. The summed E-state index contributed by atoms with van der Waals surface area (Å²) in [6.45, 7) is 5.25. The number of halogens is 2. The number of carbonyl (C=O) groups is 1. The first-order chi connectivity index (χ1) is 12.1. The molecule has 8 heteroatoms. The molecule has 0 aromatic heterocycles. The molecule has 2 aromatic rings. The Bertz CT molecular complexity index is 916. The van der Waals surface area contributed by atoms with Gasteiger partial charge in [-0.2, -0.15) is 4.72 Å². The average molecular weight is 443 g/mol. The zero-order valence-electron chi connectivity index (χ0n) is 14.6. The van der Waals surface area contributed by atoms with Crippen molar-refractivity contribution in [3.63, 3.8) is 0 Å². The van der Waals surface area contributed by atoms with Gasteiger partial charge in [-0.25, -0.2) is 12.8 Å². The lowest BCUT2D eigenvalue weighted by molar-refractivity contribution is -0.118. The molecule has 0 spiro atoms. The molecular formula is C18H20BrFN2O3S. The lowest BCUT2D eigenvalue weighted by atomic mass is 10.0. The molecule has 140 valence electrons. The average Bonchev–Trinajstić information content (AvgIpc) is 2.55. The first-order valence-electron chi connectivity index (χ1n) is 7.95. The van der Waals surface area contributed by atoms with E-state index < -0.39 is 32.7 Å². The van der Waals surface area contributed by atoms with Crippen molar-refractivity contribution in [2.45, 2.75) is 31.7 Å². The zero-order chi connectivity index (χ0) is 19.5. The molecule has 1 atom stereocenters. The molecule has 1 amide bonds. The Morgan fingerprint density at radius 1 is 1.15 bits per heavy atom. The van der Waals surface area contributed by atoms with Gasteiger partial charge in [-0.3, -0.25) is 4.79 Å². The van der Waals surface area contributed by atoms with Crippen LogP contribution in [0.5, 0.6) is 0 Å². The first kappa shape index (κ1) is 20.5. The zero-order valence-corrected chi connectivity index (χ0v) is 17.0. The number of anilines is 1. The van der Waals surface area contributed by atoms with E-state index in [-0.39, 0.29) is 5.92 Å². The second-order valence-electron chi connectivity index (χ2n) is 6.22. The number of benzene rings is 2. The Morgan fingerprint density at radius 2 is 1.81 bits per heavy atom. The van der Waals surface area contributed by atoms with Crippen LogP contribution in [0, 0.1) is 18.7 Å². The molecule has 0 heterocycles. The predicted octanol–water partition coefficient (Wildman–Crippen LogP) is 3.84. The highest BCUT2D eigenvalue weighted by atomic mass is 79.9. The number of nitrogens with one attached hydrogen (secondary N) is 2.